The van der Waals surface area contributed by atoms with Gasteiger partial charge in [-0.05, 0) is 13.0 Å². The number of hydrogen-bond donors (Lipinski definition) is 0. The van der Waals surface area contributed by atoms with Crippen molar-refractivity contribution >= 4 is 6.21 Å². The van der Waals surface area contributed by atoms with E-state index in [1.807, 2.05) is 6.92 Å². The summed E-state index contributed by atoms with van der Waals surface area (Å²) in [5, 5.41) is 3.56. The van der Waals surface area contributed by atoms with Crippen LogP contribution in [0.3, 0.4) is 0 Å². The average molecular weight is 167 g/mol. The molecule has 0 aliphatic rings. The molecule has 0 atom stereocenters. The maximum absolute atomic E-state index is 12.9. The van der Waals surface area contributed by atoms with Gasteiger partial charge in [0.05, 0.1) is 6.21 Å². The Hall–Kier alpha value is -1.38. The van der Waals surface area contributed by atoms with E-state index in [9.17, 15) is 4.39 Å². The number of nitrogens with zero attached hydrogens (tertiary/aromatic N) is 1. The normalized spacial score (nSPS) is 10.5. The van der Waals surface area contributed by atoms with Crippen LogP contribution in [0.2, 0.25) is 0 Å². The minimum Gasteiger partial charge on any atom is -0.396 e. The molecule has 0 fully saturated rings. The fourth-order valence-electron chi connectivity index (χ4n) is 0.748. The molecule has 0 radical (unpaired) electrons. The quantitative estimate of drug-likeness (QED) is 0.499. The summed E-state index contributed by atoms with van der Waals surface area (Å²) >= 11 is 0. The van der Waals surface area contributed by atoms with E-state index >= 15 is 0 Å². The van der Waals surface area contributed by atoms with Crippen LogP contribution in [0.25, 0.3) is 0 Å². The summed E-state index contributed by atoms with van der Waals surface area (Å²) in [6, 6.07) is 6.40. The zero-order valence-corrected chi connectivity index (χ0v) is 6.83. The van der Waals surface area contributed by atoms with Crippen molar-refractivity contribution in [1.82, 2.24) is 0 Å². The van der Waals surface area contributed by atoms with Crippen LogP contribution in [0.5, 0.6) is 0 Å². The summed E-state index contributed by atoms with van der Waals surface area (Å²) in [4.78, 5) is 4.70. The van der Waals surface area contributed by atoms with Crippen LogP contribution in [0.4, 0.5) is 4.39 Å². The van der Waals surface area contributed by atoms with Crippen LogP contribution in [-0.4, -0.2) is 12.8 Å². The van der Waals surface area contributed by atoms with Crippen molar-refractivity contribution in [3.8, 4) is 0 Å². The molecule has 3 heteroatoms. The molecule has 0 bridgehead atoms. The fourth-order valence-corrected chi connectivity index (χ4v) is 0.748. The lowest BCUT2D eigenvalue weighted by Crippen LogP contribution is -1.88. The lowest BCUT2D eigenvalue weighted by atomic mass is 10.2. The van der Waals surface area contributed by atoms with Gasteiger partial charge >= 0.3 is 0 Å². The fraction of sp³-hybridized carbons (Fsp3) is 0.222. The third kappa shape index (κ3) is 2.34. The molecule has 64 valence electrons. The third-order valence-corrected chi connectivity index (χ3v) is 1.30. The van der Waals surface area contributed by atoms with Gasteiger partial charge in [-0.25, -0.2) is 4.39 Å². The molecule has 0 unspecified atom stereocenters. The summed E-state index contributed by atoms with van der Waals surface area (Å²) in [6.45, 7) is 2.31. The summed E-state index contributed by atoms with van der Waals surface area (Å²) in [7, 11) is 0. The molecule has 1 aromatic carbocycles. The second-order valence-corrected chi connectivity index (χ2v) is 2.17. The third-order valence-electron chi connectivity index (χ3n) is 1.30. The Bertz CT molecular complexity index is 273. The van der Waals surface area contributed by atoms with Gasteiger partial charge in [0, 0.05) is 5.56 Å². The minimum atomic E-state index is -0.291. The van der Waals surface area contributed by atoms with Gasteiger partial charge in [-0.2, -0.15) is 0 Å². The highest BCUT2D eigenvalue weighted by molar-refractivity contribution is 5.79. The first-order valence-corrected chi connectivity index (χ1v) is 3.74. The van der Waals surface area contributed by atoms with E-state index in [2.05, 4.69) is 5.16 Å². The van der Waals surface area contributed by atoms with Gasteiger partial charge in [-0.3, -0.25) is 0 Å². The maximum atomic E-state index is 12.9. The van der Waals surface area contributed by atoms with E-state index in [-0.39, 0.29) is 5.82 Å². The van der Waals surface area contributed by atoms with Gasteiger partial charge < -0.3 is 4.84 Å². The van der Waals surface area contributed by atoms with Crippen molar-refractivity contribution in [2.45, 2.75) is 6.92 Å². The zero-order valence-electron chi connectivity index (χ0n) is 6.83. The molecular weight excluding hydrogens is 157 g/mol. The molecule has 0 heterocycles. The van der Waals surface area contributed by atoms with Crippen LogP contribution in [0.1, 0.15) is 12.5 Å². The van der Waals surface area contributed by atoms with Crippen LogP contribution in [-0.2, 0) is 4.84 Å². The van der Waals surface area contributed by atoms with Crippen LogP contribution in [0.15, 0.2) is 29.4 Å². The van der Waals surface area contributed by atoms with Crippen molar-refractivity contribution in [3.63, 3.8) is 0 Å². The number of hydrogen-bond acceptors (Lipinski definition) is 2. The molecule has 0 saturated carbocycles. The van der Waals surface area contributed by atoms with Gasteiger partial charge in [0.25, 0.3) is 0 Å². The molecule has 0 spiro atoms. The molecule has 1 aromatic rings. The van der Waals surface area contributed by atoms with E-state index in [1.165, 1.54) is 12.3 Å². The molecule has 0 aliphatic heterocycles. The summed E-state index contributed by atoms with van der Waals surface area (Å²) in [5.74, 6) is -0.291. The Morgan fingerprint density at radius 3 is 2.92 bits per heavy atom. The van der Waals surface area contributed by atoms with Gasteiger partial charge in [-0.15, -0.1) is 0 Å². The highest BCUT2D eigenvalue weighted by atomic mass is 19.1. The summed E-state index contributed by atoms with van der Waals surface area (Å²) in [5.41, 5.74) is 0.436. The van der Waals surface area contributed by atoms with Gasteiger partial charge in [-0.1, -0.05) is 23.4 Å². The van der Waals surface area contributed by atoms with E-state index in [1.54, 1.807) is 18.2 Å². The predicted octanol–water partition coefficient (Wildman–Crippen LogP) is 2.20. The molecule has 0 aromatic heterocycles. The predicted molar refractivity (Wildman–Crippen MR) is 45.6 cm³/mol. The number of benzene rings is 1. The van der Waals surface area contributed by atoms with E-state index in [4.69, 9.17) is 4.84 Å². The molecule has 0 saturated heterocycles. The average Bonchev–Trinajstić information content (AvgIpc) is 2.09. The van der Waals surface area contributed by atoms with Crippen molar-refractivity contribution in [2.24, 2.45) is 5.16 Å². The largest absolute Gasteiger partial charge is 0.396 e. The standard InChI is InChI=1S/C9H10FNO/c1-2-12-11-7-8-5-3-4-6-9(8)10/h3-7H,2H2,1H3. The molecule has 12 heavy (non-hydrogen) atoms. The lowest BCUT2D eigenvalue weighted by molar-refractivity contribution is 0.160. The van der Waals surface area contributed by atoms with Gasteiger partial charge in [0.2, 0.25) is 0 Å². The van der Waals surface area contributed by atoms with Crippen LogP contribution in [0, 0.1) is 5.82 Å². The molecular formula is C9H10FNO. The highest BCUT2D eigenvalue weighted by Crippen LogP contribution is 2.02. The molecule has 0 aliphatic carbocycles. The Morgan fingerprint density at radius 1 is 1.50 bits per heavy atom. The first kappa shape index (κ1) is 8.71. The van der Waals surface area contributed by atoms with Gasteiger partial charge in [0.1, 0.15) is 12.4 Å². The number of oxime groups is 1. The topological polar surface area (TPSA) is 21.6 Å². The van der Waals surface area contributed by atoms with Crippen LogP contribution >= 0.6 is 0 Å². The van der Waals surface area contributed by atoms with E-state index < -0.39 is 0 Å². The molecule has 0 amide bonds. The molecule has 2 nitrogen and oxygen atoms in total. The summed E-state index contributed by atoms with van der Waals surface area (Å²) in [6.07, 6.45) is 1.36. The number of halogens is 1. The minimum absolute atomic E-state index is 0.291. The Labute approximate surface area is 70.7 Å². The number of rotatable bonds is 3. The summed E-state index contributed by atoms with van der Waals surface area (Å²) < 4.78 is 12.9. The van der Waals surface area contributed by atoms with Gasteiger partial charge in [0.15, 0.2) is 0 Å². The maximum Gasteiger partial charge on any atom is 0.132 e. The van der Waals surface area contributed by atoms with Crippen molar-refractivity contribution < 1.29 is 9.23 Å². The highest BCUT2D eigenvalue weighted by Gasteiger charge is 1.94. The SMILES string of the molecule is CCON=Cc1ccccc1F. The second kappa shape index (κ2) is 4.49. The first-order chi connectivity index (χ1) is 5.84. The smallest absolute Gasteiger partial charge is 0.132 e. The van der Waals surface area contributed by atoms with E-state index in [0.717, 1.165) is 0 Å². The Balaban J connectivity index is 2.68. The van der Waals surface area contributed by atoms with Crippen LogP contribution < -0.4 is 0 Å². The molecule has 1 rings (SSSR count). The lowest BCUT2D eigenvalue weighted by Gasteiger charge is -1.94. The monoisotopic (exact) mass is 167 g/mol. The zero-order chi connectivity index (χ0) is 8.81. The second-order valence-electron chi connectivity index (χ2n) is 2.17. The Kier molecular flexibility index (Phi) is 3.26. The van der Waals surface area contributed by atoms with Crippen molar-refractivity contribution in [2.75, 3.05) is 6.61 Å². The first-order valence-electron chi connectivity index (χ1n) is 3.74. The van der Waals surface area contributed by atoms with Crippen molar-refractivity contribution in [1.29, 1.82) is 0 Å². The molecule has 0 N–H and O–H groups in total. The van der Waals surface area contributed by atoms with Crippen molar-refractivity contribution in [3.05, 3.63) is 35.6 Å². The van der Waals surface area contributed by atoms with E-state index in [0.29, 0.717) is 12.2 Å². The Morgan fingerprint density at radius 2 is 2.25 bits per heavy atom.